The predicted octanol–water partition coefficient (Wildman–Crippen LogP) is 2.97. The van der Waals surface area contributed by atoms with Crippen LogP contribution in [0.2, 0.25) is 0 Å². The van der Waals surface area contributed by atoms with Crippen LogP contribution in [0.15, 0.2) is 24.0 Å². The first-order valence-corrected chi connectivity index (χ1v) is 6.24. The van der Waals surface area contributed by atoms with E-state index in [0.717, 1.165) is 0 Å². The van der Waals surface area contributed by atoms with Crippen molar-refractivity contribution in [3.05, 3.63) is 24.0 Å². The molecule has 0 aliphatic rings. The zero-order chi connectivity index (χ0) is 14.5. The molecule has 0 rings (SSSR count). The van der Waals surface area contributed by atoms with Crippen molar-refractivity contribution in [2.24, 2.45) is 0 Å². The van der Waals surface area contributed by atoms with E-state index in [-0.39, 0.29) is 35.9 Å². The zero-order valence-corrected chi connectivity index (χ0v) is 12.0. The summed E-state index contributed by atoms with van der Waals surface area (Å²) in [4.78, 5) is 13.3. The van der Waals surface area contributed by atoms with E-state index >= 15 is 0 Å². The van der Waals surface area contributed by atoms with Gasteiger partial charge in [-0.25, -0.2) is 4.79 Å². The molecule has 18 heavy (non-hydrogen) atoms. The Labute approximate surface area is 110 Å². The van der Waals surface area contributed by atoms with Gasteiger partial charge >= 0.3 is 5.97 Å². The van der Waals surface area contributed by atoms with E-state index in [1.54, 1.807) is 6.08 Å². The summed E-state index contributed by atoms with van der Waals surface area (Å²) in [5.74, 6) is -1.21. The molecule has 104 valence electrons. The highest BCUT2D eigenvalue weighted by Gasteiger charge is 2.25. The van der Waals surface area contributed by atoms with Crippen LogP contribution in [-0.2, 0) is 4.79 Å². The third-order valence-corrected chi connectivity index (χ3v) is 2.96. The number of aliphatic hydroxyl groups is 1. The molecule has 0 spiro atoms. The van der Waals surface area contributed by atoms with E-state index in [0.29, 0.717) is 0 Å². The summed E-state index contributed by atoms with van der Waals surface area (Å²) in [6.07, 6.45) is 2.00. The van der Waals surface area contributed by atoms with E-state index in [2.05, 4.69) is 39.2 Å². The van der Waals surface area contributed by atoms with Crippen LogP contribution in [-0.4, -0.2) is 39.2 Å². The maximum atomic E-state index is 11.1. The molecule has 1 atom stereocenters. The Bertz CT molecular complexity index is 320. The van der Waals surface area contributed by atoms with E-state index in [9.17, 15) is 9.90 Å². The zero-order valence-electron chi connectivity index (χ0n) is 12.0. The Kier molecular flexibility index (Phi) is 6.70. The molecule has 0 aromatic rings. The van der Waals surface area contributed by atoms with Gasteiger partial charge in [-0.15, -0.1) is 6.58 Å². The molecule has 0 aliphatic carbocycles. The number of nitrogens with zero attached hydrogens (tertiary/aromatic N) is 1. The molecule has 1 unspecified atom stereocenters. The number of carbonyl (C=O) groups is 1. The summed E-state index contributed by atoms with van der Waals surface area (Å²) in [5, 5.41) is 18.5. The quantitative estimate of drug-likeness (QED) is 0.417. The van der Waals surface area contributed by atoms with Crippen LogP contribution >= 0.6 is 0 Å². The fourth-order valence-corrected chi connectivity index (χ4v) is 2.27. The van der Waals surface area contributed by atoms with Gasteiger partial charge in [-0.2, -0.15) is 0 Å². The molecule has 0 bridgehead atoms. The van der Waals surface area contributed by atoms with Crippen molar-refractivity contribution in [1.29, 1.82) is 0 Å². The summed E-state index contributed by atoms with van der Waals surface area (Å²) in [7, 11) is 0. The monoisotopic (exact) mass is 255 g/mol. The van der Waals surface area contributed by atoms with Crippen molar-refractivity contribution in [2.75, 3.05) is 0 Å². The Balaban J connectivity index is 5.16. The summed E-state index contributed by atoms with van der Waals surface area (Å²) in [5.41, 5.74) is 0.0474. The lowest BCUT2D eigenvalue weighted by molar-refractivity contribution is -0.133. The number of hydrogen-bond acceptors (Lipinski definition) is 3. The largest absolute Gasteiger partial charge is 0.512 e. The molecular formula is C14H25NO3. The van der Waals surface area contributed by atoms with Crippen molar-refractivity contribution in [2.45, 2.75) is 59.2 Å². The van der Waals surface area contributed by atoms with Crippen LogP contribution in [0.3, 0.4) is 0 Å². The van der Waals surface area contributed by atoms with E-state index in [1.807, 2.05) is 0 Å². The molecule has 4 nitrogen and oxygen atoms in total. The summed E-state index contributed by atoms with van der Waals surface area (Å²) in [6.45, 7) is 13.4. The lowest BCUT2D eigenvalue weighted by Crippen LogP contribution is -2.44. The highest BCUT2D eigenvalue weighted by atomic mass is 16.4. The van der Waals surface area contributed by atoms with Crippen LogP contribution in [0.5, 0.6) is 0 Å². The van der Waals surface area contributed by atoms with Crippen LogP contribution in [0, 0.1) is 0 Å². The van der Waals surface area contributed by atoms with Gasteiger partial charge in [-0.1, -0.05) is 6.08 Å². The van der Waals surface area contributed by atoms with E-state index in [4.69, 9.17) is 5.11 Å². The Morgan fingerprint density at radius 1 is 1.22 bits per heavy atom. The first-order chi connectivity index (χ1) is 8.22. The molecule has 0 fully saturated rings. The third kappa shape index (κ3) is 4.53. The van der Waals surface area contributed by atoms with Gasteiger partial charge in [-0.3, -0.25) is 4.90 Å². The molecule has 0 saturated carbocycles. The lowest BCUT2D eigenvalue weighted by Gasteiger charge is -2.36. The van der Waals surface area contributed by atoms with Crippen LogP contribution in [0.1, 0.15) is 41.0 Å². The second-order valence-corrected chi connectivity index (χ2v) is 5.01. The topological polar surface area (TPSA) is 60.8 Å². The van der Waals surface area contributed by atoms with Crippen molar-refractivity contribution in [3.63, 3.8) is 0 Å². The molecule has 0 aromatic heterocycles. The van der Waals surface area contributed by atoms with Crippen molar-refractivity contribution < 1.29 is 15.0 Å². The third-order valence-electron chi connectivity index (χ3n) is 2.96. The van der Waals surface area contributed by atoms with E-state index in [1.165, 1.54) is 6.92 Å². The van der Waals surface area contributed by atoms with Gasteiger partial charge in [-0.05, 0) is 34.6 Å². The second kappa shape index (κ2) is 7.21. The molecule has 0 saturated heterocycles. The Morgan fingerprint density at radius 2 is 1.67 bits per heavy atom. The van der Waals surface area contributed by atoms with Crippen molar-refractivity contribution >= 4 is 5.97 Å². The number of rotatable bonds is 7. The van der Waals surface area contributed by atoms with Gasteiger partial charge in [0.25, 0.3) is 0 Å². The Hall–Kier alpha value is -1.29. The van der Waals surface area contributed by atoms with Gasteiger partial charge in [0, 0.05) is 24.5 Å². The fraction of sp³-hybridized carbons (Fsp3) is 0.643. The highest BCUT2D eigenvalue weighted by Crippen LogP contribution is 2.20. The highest BCUT2D eigenvalue weighted by molar-refractivity contribution is 5.87. The molecule has 0 amide bonds. The van der Waals surface area contributed by atoms with Crippen molar-refractivity contribution in [1.82, 2.24) is 4.90 Å². The number of carboxylic acids is 1. The van der Waals surface area contributed by atoms with Gasteiger partial charge in [0.15, 0.2) is 0 Å². The first kappa shape index (κ1) is 16.7. The number of carboxylic acid groups (broad SMARTS) is 1. The summed E-state index contributed by atoms with van der Waals surface area (Å²) in [6, 6.07) is 0.460. The predicted molar refractivity (Wildman–Crippen MR) is 73.7 cm³/mol. The minimum Gasteiger partial charge on any atom is -0.512 e. The number of aliphatic hydroxyl groups excluding tert-OH is 1. The van der Waals surface area contributed by atoms with Gasteiger partial charge in [0.1, 0.15) is 0 Å². The summed E-state index contributed by atoms with van der Waals surface area (Å²) < 4.78 is 0. The maximum Gasteiger partial charge on any atom is 0.335 e. The normalized spacial score (nSPS) is 14.9. The summed E-state index contributed by atoms with van der Waals surface area (Å²) >= 11 is 0. The second-order valence-electron chi connectivity index (χ2n) is 5.01. The van der Waals surface area contributed by atoms with Gasteiger partial charge < -0.3 is 10.2 Å². The van der Waals surface area contributed by atoms with Crippen molar-refractivity contribution in [3.8, 4) is 0 Å². The minimum atomic E-state index is -1.07. The van der Waals surface area contributed by atoms with Crippen LogP contribution in [0.25, 0.3) is 0 Å². The molecule has 0 aromatic carbocycles. The van der Waals surface area contributed by atoms with Crippen LogP contribution in [0.4, 0.5) is 0 Å². The lowest BCUT2D eigenvalue weighted by atomic mass is 10.0. The minimum absolute atomic E-state index is 0.0474. The molecule has 0 heterocycles. The average Bonchev–Trinajstić information content (AvgIpc) is 2.21. The fourth-order valence-electron chi connectivity index (χ4n) is 2.27. The maximum absolute atomic E-state index is 11.1. The smallest absolute Gasteiger partial charge is 0.335 e. The van der Waals surface area contributed by atoms with Gasteiger partial charge in [0.05, 0.1) is 11.3 Å². The molecule has 2 N–H and O–H groups in total. The first-order valence-electron chi connectivity index (χ1n) is 6.24. The number of hydrogen-bond donors (Lipinski definition) is 2. The Morgan fingerprint density at radius 3 is 1.89 bits per heavy atom. The van der Waals surface area contributed by atoms with Gasteiger partial charge in [0.2, 0.25) is 0 Å². The van der Waals surface area contributed by atoms with Crippen LogP contribution < -0.4 is 0 Å². The molecule has 4 heteroatoms. The molecular weight excluding hydrogens is 230 g/mol. The number of allylic oxidation sites excluding steroid dienone is 1. The van der Waals surface area contributed by atoms with E-state index < -0.39 is 5.97 Å². The number of aliphatic carboxylic acids is 1. The molecule has 0 aliphatic heterocycles. The SMILES string of the molecule is C=CC(C/C(C(=O)O)=C(\C)O)N(C(C)C)C(C)C. The average molecular weight is 255 g/mol. The molecule has 0 radical (unpaired) electrons. The standard InChI is InChI=1S/C14H25NO3/c1-7-12(15(9(2)3)10(4)5)8-13(11(6)16)14(17)18/h7,9-10,12,16H,1,8H2,2-6H3,(H,17,18)/b13-11-.